The first-order valence-corrected chi connectivity index (χ1v) is 6.16. The van der Waals surface area contributed by atoms with E-state index in [2.05, 4.69) is 18.8 Å². The van der Waals surface area contributed by atoms with Gasteiger partial charge in [-0.05, 0) is 37.5 Å². The topological polar surface area (TPSA) is 44.5 Å². The van der Waals surface area contributed by atoms with Crippen LogP contribution in [-0.2, 0) is 6.42 Å². The van der Waals surface area contributed by atoms with Crippen molar-refractivity contribution in [1.82, 2.24) is 0 Å². The maximum atomic E-state index is 5.95. The standard InChI is InChI=1S/C15H21NO2/c1-4-6-9-18-15-11-12(10-13(16)5-2)7-8-14(15)17-3/h7-8,11,13H,5,9-10,16H2,1-3H3. The van der Waals surface area contributed by atoms with E-state index >= 15 is 0 Å². The maximum absolute atomic E-state index is 5.95. The van der Waals surface area contributed by atoms with Crippen LogP contribution in [0.1, 0.15) is 25.8 Å². The molecule has 3 nitrogen and oxygen atoms in total. The molecule has 18 heavy (non-hydrogen) atoms. The summed E-state index contributed by atoms with van der Waals surface area (Å²) in [6.07, 6.45) is 1.81. The Hall–Kier alpha value is -1.66. The Morgan fingerprint density at radius 1 is 1.33 bits per heavy atom. The van der Waals surface area contributed by atoms with Crippen LogP contribution in [0.25, 0.3) is 0 Å². The zero-order chi connectivity index (χ0) is 13.4. The summed E-state index contributed by atoms with van der Waals surface area (Å²) >= 11 is 0. The van der Waals surface area contributed by atoms with Crippen LogP contribution in [0.4, 0.5) is 0 Å². The maximum Gasteiger partial charge on any atom is 0.162 e. The smallest absolute Gasteiger partial charge is 0.162 e. The number of hydrogen-bond acceptors (Lipinski definition) is 3. The van der Waals surface area contributed by atoms with Gasteiger partial charge in [-0.2, -0.15) is 0 Å². The second-order valence-electron chi connectivity index (χ2n) is 4.07. The lowest BCUT2D eigenvalue weighted by Gasteiger charge is -2.13. The van der Waals surface area contributed by atoms with E-state index in [1.807, 2.05) is 18.2 Å². The molecule has 98 valence electrons. The van der Waals surface area contributed by atoms with Crippen LogP contribution >= 0.6 is 0 Å². The lowest BCUT2D eigenvalue weighted by Crippen LogP contribution is -2.21. The number of benzene rings is 1. The minimum Gasteiger partial charge on any atom is -0.493 e. The van der Waals surface area contributed by atoms with Gasteiger partial charge in [-0.15, -0.1) is 5.92 Å². The molecule has 0 heterocycles. The largest absolute Gasteiger partial charge is 0.493 e. The second-order valence-corrected chi connectivity index (χ2v) is 4.07. The zero-order valence-electron chi connectivity index (χ0n) is 11.3. The SMILES string of the molecule is CC#CCOc1cc(CC(N)CC)ccc1OC. The minimum absolute atomic E-state index is 0.182. The van der Waals surface area contributed by atoms with E-state index in [-0.39, 0.29) is 6.04 Å². The molecular formula is C15H21NO2. The average molecular weight is 247 g/mol. The van der Waals surface area contributed by atoms with Crippen molar-refractivity contribution in [3.05, 3.63) is 23.8 Å². The normalized spacial score (nSPS) is 11.3. The summed E-state index contributed by atoms with van der Waals surface area (Å²) in [6, 6.07) is 6.09. The third kappa shape index (κ3) is 4.31. The molecule has 3 heteroatoms. The summed E-state index contributed by atoms with van der Waals surface area (Å²) in [6.45, 7) is 4.25. The van der Waals surface area contributed by atoms with Gasteiger partial charge in [-0.3, -0.25) is 0 Å². The van der Waals surface area contributed by atoms with Gasteiger partial charge in [0, 0.05) is 6.04 Å². The third-order valence-electron chi connectivity index (χ3n) is 2.73. The predicted octanol–water partition coefficient (Wildman–Crippen LogP) is 2.38. The van der Waals surface area contributed by atoms with Crippen LogP contribution in [-0.4, -0.2) is 19.8 Å². The van der Waals surface area contributed by atoms with Gasteiger partial charge in [-0.1, -0.05) is 18.9 Å². The summed E-state index contributed by atoms with van der Waals surface area (Å²) in [5.74, 6) is 7.11. The Labute approximate surface area is 109 Å². The highest BCUT2D eigenvalue weighted by Gasteiger charge is 2.07. The number of rotatable bonds is 6. The highest BCUT2D eigenvalue weighted by Crippen LogP contribution is 2.28. The quantitative estimate of drug-likeness (QED) is 0.785. The van der Waals surface area contributed by atoms with Gasteiger partial charge in [0.05, 0.1) is 7.11 Å². The van der Waals surface area contributed by atoms with Crippen molar-refractivity contribution in [2.45, 2.75) is 32.7 Å². The molecule has 1 aromatic carbocycles. The summed E-state index contributed by atoms with van der Waals surface area (Å²) in [4.78, 5) is 0. The van der Waals surface area contributed by atoms with E-state index in [1.54, 1.807) is 14.0 Å². The van der Waals surface area contributed by atoms with E-state index in [4.69, 9.17) is 15.2 Å². The van der Waals surface area contributed by atoms with E-state index in [0.29, 0.717) is 6.61 Å². The Kier molecular flexibility index (Phi) is 6.10. The lowest BCUT2D eigenvalue weighted by molar-refractivity contribution is 0.330. The fourth-order valence-corrected chi connectivity index (χ4v) is 1.59. The molecule has 1 aromatic rings. The molecule has 0 amide bonds. The molecule has 0 saturated heterocycles. The van der Waals surface area contributed by atoms with Gasteiger partial charge < -0.3 is 15.2 Å². The molecule has 2 N–H and O–H groups in total. The molecule has 0 aromatic heterocycles. The summed E-state index contributed by atoms with van der Waals surface area (Å²) < 4.78 is 10.8. The molecule has 0 aliphatic heterocycles. The highest BCUT2D eigenvalue weighted by atomic mass is 16.5. The van der Waals surface area contributed by atoms with Gasteiger partial charge in [0.15, 0.2) is 11.5 Å². The first-order valence-electron chi connectivity index (χ1n) is 6.16. The third-order valence-corrected chi connectivity index (χ3v) is 2.73. The Morgan fingerprint density at radius 2 is 2.11 bits per heavy atom. The minimum atomic E-state index is 0.182. The molecular weight excluding hydrogens is 226 g/mol. The number of methoxy groups -OCH3 is 1. The molecule has 1 rings (SSSR count). The molecule has 1 unspecified atom stereocenters. The van der Waals surface area contributed by atoms with Gasteiger partial charge in [0.25, 0.3) is 0 Å². The molecule has 0 fully saturated rings. The second kappa shape index (κ2) is 7.62. The first-order chi connectivity index (χ1) is 8.71. The lowest BCUT2D eigenvalue weighted by atomic mass is 10.0. The van der Waals surface area contributed by atoms with Gasteiger partial charge in [-0.25, -0.2) is 0 Å². The Balaban J connectivity index is 2.82. The molecule has 0 spiro atoms. The van der Waals surface area contributed by atoms with E-state index in [1.165, 1.54) is 0 Å². The fraction of sp³-hybridized carbons (Fsp3) is 0.467. The first kappa shape index (κ1) is 14.4. The number of nitrogens with two attached hydrogens (primary N) is 1. The van der Waals surface area contributed by atoms with E-state index < -0.39 is 0 Å². The summed E-state index contributed by atoms with van der Waals surface area (Å²) in [7, 11) is 1.63. The van der Waals surface area contributed by atoms with Crippen molar-refractivity contribution in [2.24, 2.45) is 5.73 Å². The summed E-state index contributed by atoms with van der Waals surface area (Å²) in [5, 5.41) is 0. The van der Waals surface area contributed by atoms with Crippen LogP contribution in [0.15, 0.2) is 18.2 Å². The van der Waals surface area contributed by atoms with Crippen molar-refractivity contribution in [2.75, 3.05) is 13.7 Å². The van der Waals surface area contributed by atoms with Crippen LogP contribution in [0.3, 0.4) is 0 Å². The van der Waals surface area contributed by atoms with Gasteiger partial charge in [0.2, 0.25) is 0 Å². The van der Waals surface area contributed by atoms with Gasteiger partial charge in [0.1, 0.15) is 6.61 Å². The fourth-order valence-electron chi connectivity index (χ4n) is 1.59. The Morgan fingerprint density at radius 3 is 2.72 bits per heavy atom. The van der Waals surface area contributed by atoms with Crippen molar-refractivity contribution in [3.8, 4) is 23.3 Å². The molecule has 1 atom stereocenters. The van der Waals surface area contributed by atoms with Crippen molar-refractivity contribution in [3.63, 3.8) is 0 Å². The van der Waals surface area contributed by atoms with Crippen molar-refractivity contribution in [1.29, 1.82) is 0 Å². The predicted molar refractivity (Wildman–Crippen MR) is 73.9 cm³/mol. The molecule has 0 saturated carbocycles. The Bertz CT molecular complexity index is 432. The van der Waals surface area contributed by atoms with E-state index in [9.17, 15) is 0 Å². The molecule has 0 radical (unpaired) electrons. The molecule has 0 aliphatic carbocycles. The van der Waals surface area contributed by atoms with Gasteiger partial charge >= 0.3 is 0 Å². The molecule has 0 bridgehead atoms. The van der Waals surface area contributed by atoms with Crippen molar-refractivity contribution >= 4 is 0 Å². The van der Waals surface area contributed by atoms with E-state index in [0.717, 1.165) is 29.9 Å². The van der Waals surface area contributed by atoms with Crippen LogP contribution in [0.5, 0.6) is 11.5 Å². The number of hydrogen-bond donors (Lipinski definition) is 1. The molecule has 0 aliphatic rings. The average Bonchev–Trinajstić information content (AvgIpc) is 2.39. The number of ether oxygens (including phenoxy) is 2. The van der Waals surface area contributed by atoms with Crippen LogP contribution in [0, 0.1) is 11.8 Å². The summed E-state index contributed by atoms with van der Waals surface area (Å²) in [5.41, 5.74) is 7.11. The zero-order valence-corrected chi connectivity index (χ0v) is 11.3. The van der Waals surface area contributed by atoms with Crippen molar-refractivity contribution < 1.29 is 9.47 Å². The monoisotopic (exact) mass is 247 g/mol. The van der Waals surface area contributed by atoms with Crippen LogP contribution in [0.2, 0.25) is 0 Å². The highest BCUT2D eigenvalue weighted by molar-refractivity contribution is 5.43. The van der Waals surface area contributed by atoms with Crippen LogP contribution < -0.4 is 15.2 Å².